The second-order valence-corrected chi connectivity index (χ2v) is 8.14. The zero-order valence-electron chi connectivity index (χ0n) is 16.5. The summed E-state index contributed by atoms with van der Waals surface area (Å²) in [7, 11) is 1.76. The Morgan fingerprint density at radius 2 is 1.96 bits per heavy atom. The normalized spacial score (nSPS) is 17.3. The third-order valence-electron chi connectivity index (χ3n) is 4.59. The Labute approximate surface area is 188 Å². The fraction of sp³-hybridized carbons (Fsp3) is 0.579. The van der Waals surface area contributed by atoms with E-state index in [1.165, 1.54) is 5.69 Å². The number of carbonyl (C=O) groups excluding carboxylic acids is 1. The maximum atomic E-state index is 12.1. The number of hydrogen-bond acceptors (Lipinski definition) is 3. The summed E-state index contributed by atoms with van der Waals surface area (Å²) in [6.45, 7) is 8.92. The molecule has 152 valence electrons. The third kappa shape index (κ3) is 7.14. The molecule has 0 bridgehead atoms. The summed E-state index contributed by atoms with van der Waals surface area (Å²) in [6, 6.07) is 8.74. The topological polar surface area (TPSA) is 68.8 Å². The van der Waals surface area contributed by atoms with E-state index >= 15 is 0 Å². The zero-order valence-corrected chi connectivity index (χ0v) is 20.4. The summed E-state index contributed by atoms with van der Waals surface area (Å²) in [5.41, 5.74) is 0.741. The number of rotatable bonds is 6. The highest BCUT2D eigenvalue weighted by Gasteiger charge is 2.28. The number of anilines is 1. The molecule has 1 amide bonds. The fourth-order valence-electron chi connectivity index (χ4n) is 2.94. The van der Waals surface area contributed by atoms with Crippen molar-refractivity contribution in [1.82, 2.24) is 16.0 Å². The minimum atomic E-state index is -0.493. The van der Waals surface area contributed by atoms with Crippen LogP contribution in [0, 0.1) is 5.41 Å². The molecule has 3 N–H and O–H groups in total. The summed E-state index contributed by atoms with van der Waals surface area (Å²) in [6.07, 6.45) is 1.05. The van der Waals surface area contributed by atoms with Crippen LogP contribution in [0.2, 0.25) is 0 Å². The first kappa shape index (κ1) is 24.0. The average Bonchev–Trinajstić information content (AvgIpc) is 3.08. The van der Waals surface area contributed by atoms with E-state index in [0.717, 1.165) is 29.9 Å². The second-order valence-electron chi connectivity index (χ2n) is 7.22. The van der Waals surface area contributed by atoms with E-state index in [4.69, 9.17) is 0 Å². The fourth-order valence-corrected chi connectivity index (χ4v) is 3.20. The molecule has 1 unspecified atom stereocenters. The quantitative estimate of drug-likeness (QED) is 0.289. The molecule has 1 saturated heterocycles. The molecule has 1 aromatic rings. The minimum Gasteiger partial charge on any atom is -0.369 e. The number of halogens is 2. The molecule has 1 atom stereocenters. The van der Waals surface area contributed by atoms with E-state index in [1.807, 2.05) is 20.8 Å². The number of nitrogens with one attached hydrogen (secondary N) is 3. The molecule has 0 radical (unpaired) electrons. The van der Waals surface area contributed by atoms with Gasteiger partial charge in [-0.3, -0.25) is 9.79 Å². The van der Waals surface area contributed by atoms with Crippen molar-refractivity contribution >= 4 is 57.5 Å². The monoisotopic (exact) mass is 551 g/mol. The van der Waals surface area contributed by atoms with Gasteiger partial charge in [-0.15, -0.1) is 24.0 Å². The molecule has 0 aliphatic carbocycles. The highest BCUT2D eigenvalue weighted by Crippen LogP contribution is 2.22. The third-order valence-corrected chi connectivity index (χ3v) is 5.12. The highest BCUT2D eigenvalue weighted by atomic mass is 127. The van der Waals surface area contributed by atoms with E-state index < -0.39 is 5.41 Å². The Morgan fingerprint density at radius 1 is 1.30 bits per heavy atom. The van der Waals surface area contributed by atoms with Crippen molar-refractivity contribution in [1.29, 1.82) is 0 Å². The van der Waals surface area contributed by atoms with Crippen LogP contribution in [0.25, 0.3) is 0 Å². The maximum Gasteiger partial charge on any atom is 0.227 e. The molecule has 0 saturated carbocycles. The summed E-state index contributed by atoms with van der Waals surface area (Å²) >= 11 is 3.48. The first-order valence-corrected chi connectivity index (χ1v) is 9.91. The summed E-state index contributed by atoms with van der Waals surface area (Å²) in [5.74, 6) is 0.787. The van der Waals surface area contributed by atoms with Gasteiger partial charge in [0.05, 0.1) is 5.41 Å². The van der Waals surface area contributed by atoms with Gasteiger partial charge in [0, 0.05) is 49.4 Å². The molecule has 1 heterocycles. The Morgan fingerprint density at radius 3 is 2.56 bits per heavy atom. The van der Waals surface area contributed by atoms with E-state index in [2.05, 4.69) is 66.0 Å². The van der Waals surface area contributed by atoms with E-state index in [9.17, 15) is 4.79 Å². The smallest absolute Gasteiger partial charge is 0.227 e. The van der Waals surface area contributed by atoms with Gasteiger partial charge < -0.3 is 20.9 Å². The van der Waals surface area contributed by atoms with Crippen molar-refractivity contribution in [2.45, 2.75) is 33.2 Å². The van der Waals surface area contributed by atoms with Gasteiger partial charge in [0.25, 0.3) is 0 Å². The van der Waals surface area contributed by atoms with Crippen molar-refractivity contribution in [2.24, 2.45) is 10.4 Å². The standard InChI is InChI=1S/C19H30BrN5O.HI/c1-5-22-17(26)19(2,3)13-23-18(21-4)24-15-10-11-25(12-15)16-8-6-14(20)7-9-16;/h6-9,15H,5,10-13H2,1-4H3,(H,22,26)(H2,21,23,24);1H. The predicted molar refractivity (Wildman–Crippen MR) is 127 cm³/mol. The molecule has 0 spiro atoms. The summed E-state index contributed by atoms with van der Waals surface area (Å²) in [4.78, 5) is 18.8. The molecule has 1 fully saturated rings. The molecular weight excluding hydrogens is 521 g/mol. The van der Waals surface area contributed by atoms with Gasteiger partial charge in [-0.25, -0.2) is 0 Å². The van der Waals surface area contributed by atoms with Gasteiger partial charge in [-0.05, 0) is 51.5 Å². The SMILES string of the molecule is CCNC(=O)C(C)(C)CNC(=NC)NC1CCN(c2ccc(Br)cc2)C1.I. The number of nitrogens with zero attached hydrogens (tertiary/aromatic N) is 2. The van der Waals surface area contributed by atoms with Crippen LogP contribution in [-0.4, -0.2) is 51.1 Å². The van der Waals surface area contributed by atoms with Crippen LogP contribution in [-0.2, 0) is 4.79 Å². The lowest BCUT2D eigenvalue weighted by atomic mass is 9.92. The van der Waals surface area contributed by atoms with Gasteiger partial charge in [0.15, 0.2) is 5.96 Å². The lowest BCUT2D eigenvalue weighted by Gasteiger charge is -2.26. The van der Waals surface area contributed by atoms with E-state index in [-0.39, 0.29) is 29.9 Å². The molecule has 27 heavy (non-hydrogen) atoms. The van der Waals surface area contributed by atoms with Crippen LogP contribution in [0.15, 0.2) is 33.7 Å². The molecule has 1 aliphatic heterocycles. The van der Waals surface area contributed by atoms with E-state index in [0.29, 0.717) is 19.1 Å². The number of hydrogen-bond donors (Lipinski definition) is 3. The number of guanidine groups is 1. The van der Waals surface area contributed by atoms with Gasteiger partial charge in [0.2, 0.25) is 5.91 Å². The van der Waals surface area contributed by atoms with Crippen LogP contribution in [0.1, 0.15) is 27.2 Å². The van der Waals surface area contributed by atoms with Crippen molar-refractivity contribution in [3.63, 3.8) is 0 Å². The zero-order chi connectivity index (χ0) is 19.2. The molecule has 0 aromatic heterocycles. The Bertz CT molecular complexity index is 635. The van der Waals surface area contributed by atoms with Crippen molar-refractivity contribution in [3.8, 4) is 0 Å². The molecular formula is C19H31BrIN5O. The molecule has 1 aromatic carbocycles. The average molecular weight is 552 g/mol. The van der Waals surface area contributed by atoms with Crippen molar-refractivity contribution in [3.05, 3.63) is 28.7 Å². The number of amides is 1. The van der Waals surface area contributed by atoms with Crippen molar-refractivity contribution < 1.29 is 4.79 Å². The van der Waals surface area contributed by atoms with Crippen LogP contribution in [0.4, 0.5) is 5.69 Å². The first-order valence-electron chi connectivity index (χ1n) is 9.11. The van der Waals surface area contributed by atoms with Gasteiger partial charge >= 0.3 is 0 Å². The van der Waals surface area contributed by atoms with Crippen LogP contribution in [0.3, 0.4) is 0 Å². The first-order chi connectivity index (χ1) is 12.4. The van der Waals surface area contributed by atoms with Gasteiger partial charge in [-0.1, -0.05) is 15.9 Å². The van der Waals surface area contributed by atoms with Gasteiger partial charge in [0.1, 0.15) is 0 Å². The van der Waals surface area contributed by atoms with Gasteiger partial charge in [-0.2, -0.15) is 0 Å². The number of carbonyl (C=O) groups is 1. The highest BCUT2D eigenvalue weighted by molar-refractivity contribution is 14.0. The van der Waals surface area contributed by atoms with Crippen LogP contribution >= 0.6 is 39.9 Å². The summed E-state index contributed by atoms with van der Waals surface area (Å²) < 4.78 is 1.09. The minimum absolute atomic E-state index is 0. The largest absolute Gasteiger partial charge is 0.369 e. The second kappa shape index (κ2) is 11.1. The lowest BCUT2D eigenvalue weighted by molar-refractivity contribution is -0.128. The Kier molecular flexibility index (Phi) is 9.86. The number of benzene rings is 1. The Hall–Kier alpha value is -1.03. The maximum absolute atomic E-state index is 12.1. The summed E-state index contributed by atoms with van der Waals surface area (Å²) in [5, 5.41) is 9.65. The predicted octanol–water partition coefficient (Wildman–Crippen LogP) is 2.97. The molecule has 2 rings (SSSR count). The van der Waals surface area contributed by atoms with Crippen LogP contribution < -0.4 is 20.9 Å². The molecule has 1 aliphatic rings. The molecule has 8 heteroatoms. The Balaban J connectivity index is 0.00000364. The van der Waals surface area contributed by atoms with E-state index in [1.54, 1.807) is 7.05 Å². The number of aliphatic imine (C=N–C) groups is 1. The van der Waals surface area contributed by atoms with Crippen LogP contribution in [0.5, 0.6) is 0 Å². The lowest BCUT2D eigenvalue weighted by Crippen LogP contribution is -2.50. The van der Waals surface area contributed by atoms with Crippen molar-refractivity contribution in [2.75, 3.05) is 38.1 Å². The molecule has 6 nitrogen and oxygen atoms in total.